The molecule has 0 saturated heterocycles. The second-order valence-corrected chi connectivity index (χ2v) is 4.02. The third-order valence-electron chi connectivity index (χ3n) is 2.92. The third kappa shape index (κ3) is 2.84. The predicted octanol–water partition coefficient (Wildman–Crippen LogP) is 1.63. The number of rotatable bonds is 6. The molecule has 2 N–H and O–H groups in total. The van der Waals surface area contributed by atoms with E-state index in [4.69, 9.17) is 4.74 Å². The van der Waals surface area contributed by atoms with E-state index >= 15 is 0 Å². The number of carboxylic acid groups (broad SMARTS) is 1. The van der Waals surface area contributed by atoms with Crippen molar-refractivity contribution in [3.8, 4) is 0 Å². The van der Waals surface area contributed by atoms with Gasteiger partial charge in [-0.05, 0) is 12.0 Å². The first kappa shape index (κ1) is 13.7. The summed E-state index contributed by atoms with van der Waals surface area (Å²) in [4.78, 5) is 11.2. The fourth-order valence-corrected chi connectivity index (χ4v) is 2.05. The standard InChI is InChI=1S/C13H18O4/c1-3-11(12(14)15)13(16,9-17-2)10-7-5-4-6-8-10/h4-8,11,16H,3,9H2,1-2H3,(H,14,15). The second-order valence-electron chi connectivity index (χ2n) is 4.02. The number of aliphatic carboxylic acids is 1. The van der Waals surface area contributed by atoms with Crippen LogP contribution in [0.3, 0.4) is 0 Å². The maximum absolute atomic E-state index is 11.2. The van der Waals surface area contributed by atoms with Crippen LogP contribution >= 0.6 is 0 Å². The number of hydrogen-bond donors (Lipinski definition) is 2. The first-order valence-electron chi connectivity index (χ1n) is 5.56. The van der Waals surface area contributed by atoms with E-state index in [1.54, 1.807) is 31.2 Å². The molecule has 0 aliphatic carbocycles. The lowest BCUT2D eigenvalue weighted by molar-refractivity contribution is -0.158. The summed E-state index contributed by atoms with van der Waals surface area (Å²) < 4.78 is 4.98. The predicted molar refractivity (Wildman–Crippen MR) is 63.6 cm³/mol. The van der Waals surface area contributed by atoms with Crippen molar-refractivity contribution in [2.45, 2.75) is 18.9 Å². The summed E-state index contributed by atoms with van der Waals surface area (Å²) in [6, 6.07) is 8.78. The molecule has 2 atom stereocenters. The van der Waals surface area contributed by atoms with Gasteiger partial charge >= 0.3 is 5.97 Å². The molecule has 0 radical (unpaired) electrons. The lowest BCUT2D eigenvalue weighted by Crippen LogP contribution is -2.43. The Kier molecular flexibility index (Phi) is 4.66. The Labute approximate surface area is 101 Å². The van der Waals surface area contributed by atoms with Gasteiger partial charge in [0.1, 0.15) is 5.60 Å². The molecule has 0 aliphatic rings. The summed E-state index contributed by atoms with van der Waals surface area (Å²) in [6.45, 7) is 1.70. The molecule has 1 aromatic carbocycles. The fraction of sp³-hybridized carbons (Fsp3) is 0.462. The fourth-order valence-electron chi connectivity index (χ4n) is 2.05. The lowest BCUT2D eigenvalue weighted by Gasteiger charge is -2.33. The van der Waals surface area contributed by atoms with Crippen LogP contribution in [-0.4, -0.2) is 29.9 Å². The van der Waals surface area contributed by atoms with E-state index in [2.05, 4.69) is 0 Å². The zero-order valence-electron chi connectivity index (χ0n) is 10.1. The van der Waals surface area contributed by atoms with Crippen molar-refractivity contribution in [2.24, 2.45) is 5.92 Å². The summed E-state index contributed by atoms with van der Waals surface area (Å²) in [5.41, 5.74) is -0.924. The molecule has 0 aliphatic heterocycles. The van der Waals surface area contributed by atoms with E-state index in [1.165, 1.54) is 7.11 Å². The van der Waals surface area contributed by atoms with Gasteiger partial charge in [-0.2, -0.15) is 0 Å². The lowest BCUT2D eigenvalue weighted by atomic mass is 9.80. The molecule has 94 valence electrons. The van der Waals surface area contributed by atoms with E-state index in [-0.39, 0.29) is 6.61 Å². The van der Waals surface area contributed by atoms with Gasteiger partial charge in [0.15, 0.2) is 0 Å². The largest absolute Gasteiger partial charge is 0.481 e. The number of hydrogen-bond acceptors (Lipinski definition) is 3. The number of benzene rings is 1. The van der Waals surface area contributed by atoms with Gasteiger partial charge in [0, 0.05) is 7.11 Å². The van der Waals surface area contributed by atoms with Crippen LogP contribution in [-0.2, 0) is 15.1 Å². The number of methoxy groups -OCH3 is 1. The molecule has 0 saturated carbocycles. The van der Waals surface area contributed by atoms with Crippen molar-refractivity contribution in [1.29, 1.82) is 0 Å². The van der Waals surface area contributed by atoms with Crippen molar-refractivity contribution >= 4 is 5.97 Å². The Morgan fingerprint density at radius 3 is 2.41 bits per heavy atom. The summed E-state index contributed by atoms with van der Waals surface area (Å²) >= 11 is 0. The molecule has 2 unspecified atom stereocenters. The van der Waals surface area contributed by atoms with Gasteiger partial charge in [-0.3, -0.25) is 4.79 Å². The van der Waals surface area contributed by atoms with Crippen LogP contribution in [0.25, 0.3) is 0 Å². The first-order chi connectivity index (χ1) is 8.06. The minimum absolute atomic E-state index is 0.0399. The molecule has 1 aromatic rings. The average molecular weight is 238 g/mol. The Bertz CT molecular complexity index is 363. The Balaban J connectivity index is 3.16. The van der Waals surface area contributed by atoms with Crippen molar-refractivity contribution in [2.75, 3.05) is 13.7 Å². The molecular weight excluding hydrogens is 220 g/mol. The van der Waals surface area contributed by atoms with Crippen LogP contribution in [0.2, 0.25) is 0 Å². The quantitative estimate of drug-likeness (QED) is 0.790. The van der Waals surface area contributed by atoms with Crippen LogP contribution in [0.4, 0.5) is 0 Å². The van der Waals surface area contributed by atoms with E-state index in [9.17, 15) is 15.0 Å². The highest BCUT2D eigenvalue weighted by atomic mass is 16.5. The monoisotopic (exact) mass is 238 g/mol. The topological polar surface area (TPSA) is 66.8 Å². The maximum Gasteiger partial charge on any atom is 0.309 e. The second kappa shape index (κ2) is 5.80. The molecule has 1 rings (SSSR count). The molecule has 0 aromatic heterocycles. The number of carbonyl (C=O) groups is 1. The summed E-state index contributed by atoms with van der Waals surface area (Å²) in [5.74, 6) is -1.90. The zero-order valence-corrected chi connectivity index (χ0v) is 10.1. The minimum atomic E-state index is -1.49. The maximum atomic E-state index is 11.2. The molecule has 4 nitrogen and oxygen atoms in total. The van der Waals surface area contributed by atoms with Gasteiger partial charge in [-0.1, -0.05) is 37.3 Å². The summed E-state index contributed by atoms with van der Waals surface area (Å²) in [6.07, 6.45) is 0.337. The number of carboxylic acids is 1. The normalized spacial score (nSPS) is 16.2. The number of ether oxygens (including phenoxy) is 1. The van der Waals surface area contributed by atoms with Crippen LogP contribution in [0, 0.1) is 5.92 Å². The molecular formula is C13H18O4. The van der Waals surface area contributed by atoms with Gasteiger partial charge in [-0.15, -0.1) is 0 Å². The smallest absolute Gasteiger partial charge is 0.309 e. The highest BCUT2D eigenvalue weighted by Gasteiger charge is 2.42. The van der Waals surface area contributed by atoms with Crippen molar-refractivity contribution in [1.82, 2.24) is 0 Å². The van der Waals surface area contributed by atoms with Crippen molar-refractivity contribution in [3.05, 3.63) is 35.9 Å². The summed E-state index contributed by atoms with van der Waals surface area (Å²) in [7, 11) is 1.45. The minimum Gasteiger partial charge on any atom is -0.481 e. The zero-order chi connectivity index (χ0) is 12.9. The van der Waals surface area contributed by atoms with Crippen molar-refractivity contribution < 1.29 is 19.7 Å². The average Bonchev–Trinajstić information content (AvgIpc) is 2.31. The SMILES string of the molecule is CCC(C(=O)O)C(O)(COC)c1ccccc1. The van der Waals surface area contributed by atoms with Gasteiger partial charge in [-0.25, -0.2) is 0 Å². The van der Waals surface area contributed by atoms with Gasteiger partial charge in [0.25, 0.3) is 0 Å². The third-order valence-corrected chi connectivity index (χ3v) is 2.92. The highest BCUT2D eigenvalue weighted by Crippen LogP contribution is 2.32. The van der Waals surface area contributed by atoms with E-state index in [0.717, 1.165) is 0 Å². The van der Waals surface area contributed by atoms with Crippen LogP contribution < -0.4 is 0 Å². The van der Waals surface area contributed by atoms with Crippen molar-refractivity contribution in [3.63, 3.8) is 0 Å². The summed E-state index contributed by atoms with van der Waals surface area (Å²) in [5, 5.41) is 19.8. The van der Waals surface area contributed by atoms with Crippen LogP contribution in [0.15, 0.2) is 30.3 Å². The molecule has 17 heavy (non-hydrogen) atoms. The number of aliphatic hydroxyl groups is 1. The molecule has 0 fully saturated rings. The van der Waals surface area contributed by atoms with Gasteiger partial charge in [0.2, 0.25) is 0 Å². The van der Waals surface area contributed by atoms with Gasteiger partial charge in [0.05, 0.1) is 12.5 Å². The molecule has 4 heteroatoms. The Hall–Kier alpha value is -1.39. The van der Waals surface area contributed by atoms with Gasteiger partial charge < -0.3 is 14.9 Å². The molecule has 0 heterocycles. The molecule has 0 bridgehead atoms. The highest BCUT2D eigenvalue weighted by molar-refractivity contribution is 5.72. The van der Waals surface area contributed by atoms with E-state index in [1.807, 2.05) is 6.07 Å². The molecule has 0 amide bonds. The van der Waals surface area contributed by atoms with Crippen LogP contribution in [0.5, 0.6) is 0 Å². The Morgan fingerprint density at radius 2 is 2.00 bits per heavy atom. The van der Waals surface area contributed by atoms with E-state index < -0.39 is 17.5 Å². The van der Waals surface area contributed by atoms with Crippen LogP contribution in [0.1, 0.15) is 18.9 Å². The van der Waals surface area contributed by atoms with E-state index in [0.29, 0.717) is 12.0 Å². The Morgan fingerprint density at radius 1 is 1.41 bits per heavy atom. The first-order valence-corrected chi connectivity index (χ1v) is 5.56. The molecule has 0 spiro atoms.